The van der Waals surface area contributed by atoms with Crippen LogP contribution in [-0.4, -0.2) is 62.6 Å². The number of methoxy groups -OCH3 is 1. The monoisotopic (exact) mass is 470 g/mol. The van der Waals surface area contributed by atoms with Crippen LogP contribution in [0.4, 0.5) is 0 Å². The van der Waals surface area contributed by atoms with Crippen molar-refractivity contribution in [3.63, 3.8) is 0 Å². The fourth-order valence-corrected chi connectivity index (χ4v) is 2.21. The molecule has 0 spiro atoms. The van der Waals surface area contributed by atoms with Gasteiger partial charge in [-0.25, -0.2) is 0 Å². The molecule has 0 unspecified atom stereocenters. The summed E-state index contributed by atoms with van der Waals surface area (Å²) in [6.07, 6.45) is 3.62. The lowest BCUT2D eigenvalue weighted by Crippen LogP contribution is -2.40. The van der Waals surface area contributed by atoms with Gasteiger partial charge in [0.05, 0.1) is 7.11 Å². The van der Waals surface area contributed by atoms with Gasteiger partial charge in [0.2, 0.25) is 5.91 Å². The molecule has 0 saturated carbocycles. The lowest BCUT2D eigenvalue weighted by atomic mass is 10.2. The van der Waals surface area contributed by atoms with E-state index < -0.39 is 0 Å². The van der Waals surface area contributed by atoms with Gasteiger partial charge in [0.25, 0.3) is 0 Å². The van der Waals surface area contributed by atoms with Crippen LogP contribution in [0, 0.1) is 0 Å². The first kappa shape index (κ1) is 26.2. The maximum atomic E-state index is 11.9. The van der Waals surface area contributed by atoms with E-state index >= 15 is 0 Å². The molecule has 0 aliphatic heterocycles. The molecule has 0 atom stereocenters. The third kappa shape index (κ3) is 13.9. The van der Waals surface area contributed by atoms with E-state index in [2.05, 4.69) is 20.4 Å². The minimum Gasteiger partial charge on any atom is -0.469 e. The molecule has 2 N–H and O–H groups in total. The number of rotatable bonds is 12. The Morgan fingerprint density at radius 3 is 2.24 bits per heavy atom. The minimum absolute atomic E-state index is 0. The third-order valence-electron chi connectivity index (χ3n) is 3.63. The van der Waals surface area contributed by atoms with Gasteiger partial charge in [-0.05, 0) is 33.6 Å². The smallest absolute Gasteiger partial charge is 0.305 e. The highest BCUT2D eigenvalue weighted by molar-refractivity contribution is 14.0. The summed E-state index contributed by atoms with van der Waals surface area (Å²) in [7, 11) is 1.41. The van der Waals surface area contributed by atoms with E-state index in [1.54, 1.807) is 0 Å². The van der Waals surface area contributed by atoms with Crippen molar-refractivity contribution in [2.24, 2.45) is 4.99 Å². The van der Waals surface area contributed by atoms with Gasteiger partial charge in [-0.15, -0.1) is 24.0 Å². The van der Waals surface area contributed by atoms with Crippen LogP contribution in [0.25, 0.3) is 0 Å². The van der Waals surface area contributed by atoms with E-state index in [1.807, 2.05) is 25.7 Å². The second kappa shape index (κ2) is 17.8. The molecule has 1 amide bonds. The topological polar surface area (TPSA) is 83.0 Å². The fraction of sp³-hybridized carbons (Fsp3) is 0.824. The molecule has 0 bridgehead atoms. The van der Waals surface area contributed by atoms with Gasteiger partial charge in [-0.1, -0.05) is 6.42 Å². The summed E-state index contributed by atoms with van der Waals surface area (Å²) in [4.78, 5) is 29.3. The lowest BCUT2D eigenvalue weighted by Gasteiger charge is -2.19. The average molecular weight is 470 g/mol. The number of ether oxygens (including phenoxy) is 1. The molecule has 148 valence electrons. The van der Waals surface area contributed by atoms with Crippen LogP contribution in [-0.2, 0) is 14.3 Å². The van der Waals surface area contributed by atoms with Crippen LogP contribution in [0.15, 0.2) is 4.99 Å². The highest BCUT2D eigenvalue weighted by atomic mass is 127. The zero-order chi connectivity index (χ0) is 18.2. The fourth-order valence-electron chi connectivity index (χ4n) is 2.21. The number of carbonyl (C=O) groups excluding carboxylic acids is 2. The van der Waals surface area contributed by atoms with Crippen LogP contribution < -0.4 is 10.6 Å². The molecule has 0 heterocycles. The van der Waals surface area contributed by atoms with Gasteiger partial charge in [0.1, 0.15) is 0 Å². The number of carbonyl (C=O) groups is 2. The number of aliphatic imine (C=N–C) groups is 1. The highest BCUT2D eigenvalue weighted by Crippen LogP contribution is 2.01. The van der Waals surface area contributed by atoms with Crippen LogP contribution in [0.3, 0.4) is 0 Å². The van der Waals surface area contributed by atoms with Crippen molar-refractivity contribution >= 4 is 41.8 Å². The van der Waals surface area contributed by atoms with Crippen LogP contribution in [0.2, 0.25) is 0 Å². The Kier molecular flexibility index (Phi) is 18.6. The normalized spacial score (nSPS) is 10.6. The Morgan fingerprint density at radius 2 is 1.68 bits per heavy atom. The van der Waals surface area contributed by atoms with Gasteiger partial charge >= 0.3 is 5.97 Å². The van der Waals surface area contributed by atoms with E-state index in [-0.39, 0.29) is 35.9 Å². The predicted octanol–water partition coefficient (Wildman–Crippen LogP) is 2.15. The van der Waals surface area contributed by atoms with E-state index in [1.165, 1.54) is 7.11 Å². The Bertz CT molecular complexity index is 388. The molecular weight excluding hydrogens is 435 g/mol. The van der Waals surface area contributed by atoms with E-state index in [9.17, 15) is 9.59 Å². The van der Waals surface area contributed by atoms with E-state index in [0.29, 0.717) is 25.9 Å². The molecule has 25 heavy (non-hydrogen) atoms. The van der Waals surface area contributed by atoms with Crippen molar-refractivity contribution in [2.45, 2.75) is 52.9 Å². The van der Waals surface area contributed by atoms with Crippen molar-refractivity contribution in [1.29, 1.82) is 0 Å². The molecule has 7 nitrogen and oxygen atoms in total. The maximum Gasteiger partial charge on any atom is 0.305 e. The second-order valence-corrected chi connectivity index (χ2v) is 5.39. The van der Waals surface area contributed by atoms with Crippen molar-refractivity contribution in [3.05, 3.63) is 0 Å². The molecule has 0 aliphatic rings. The molecular formula is C17H35IN4O3. The maximum absolute atomic E-state index is 11.9. The second-order valence-electron chi connectivity index (χ2n) is 5.39. The number of guanidine groups is 1. The summed E-state index contributed by atoms with van der Waals surface area (Å²) < 4.78 is 4.61. The first-order valence-corrected chi connectivity index (χ1v) is 8.95. The summed E-state index contributed by atoms with van der Waals surface area (Å²) in [5, 5.41) is 6.36. The molecule has 8 heteroatoms. The zero-order valence-corrected chi connectivity index (χ0v) is 18.4. The Hall–Kier alpha value is -1.06. The number of nitrogens with one attached hydrogen (secondary N) is 2. The first-order valence-electron chi connectivity index (χ1n) is 8.95. The standard InChI is InChI=1S/C17H34N4O3.HI/c1-5-18-17(19-13-10-8-9-11-16(23)24-4)20-14-12-15(22)21(6-2)7-3;/h5-14H2,1-4H3,(H2,18,19,20);1H. The van der Waals surface area contributed by atoms with Gasteiger partial charge in [0.15, 0.2) is 5.96 Å². The van der Waals surface area contributed by atoms with Crippen molar-refractivity contribution in [2.75, 3.05) is 39.8 Å². The number of esters is 1. The summed E-state index contributed by atoms with van der Waals surface area (Å²) in [6, 6.07) is 0. The highest BCUT2D eigenvalue weighted by Gasteiger charge is 2.09. The molecule has 0 aromatic rings. The summed E-state index contributed by atoms with van der Waals surface area (Å²) >= 11 is 0. The summed E-state index contributed by atoms with van der Waals surface area (Å²) in [5.41, 5.74) is 0. The minimum atomic E-state index is -0.161. The number of halogens is 1. The third-order valence-corrected chi connectivity index (χ3v) is 3.63. The largest absolute Gasteiger partial charge is 0.469 e. The van der Waals surface area contributed by atoms with Crippen molar-refractivity contribution < 1.29 is 14.3 Å². The molecule has 0 aromatic heterocycles. The van der Waals surface area contributed by atoms with Gasteiger partial charge in [-0.2, -0.15) is 0 Å². The molecule has 0 radical (unpaired) electrons. The Labute approximate surface area is 169 Å². The summed E-state index contributed by atoms with van der Waals surface area (Å²) in [6.45, 7) is 9.52. The zero-order valence-electron chi connectivity index (χ0n) is 16.1. The van der Waals surface area contributed by atoms with Gasteiger partial charge in [-0.3, -0.25) is 14.6 Å². The molecule has 0 saturated heterocycles. The van der Waals surface area contributed by atoms with Crippen molar-refractivity contribution in [3.8, 4) is 0 Å². The van der Waals surface area contributed by atoms with Crippen LogP contribution in [0.1, 0.15) is 52.9 Å². The number of amides is 1. The first-order chi connectivity index (χ1) is 11.6. The number of hydrogen-bond acceptors (Lipinski definition) is 4. The Morgan fingerprint density at radius 1 is 1.00 bits per heavy atom. The number of hydrogen-bond donors (Lipinski definition) is 2. The molecule has 0 aromatic carbocycles. The van der Waals surface area contributed by atoms with E-state index in [0.717, 1.165) is 44.9 Å². The SMILES string of the molecule is CCNC(=NCCCCCC(=O)OC)NCCC(=O)N(CC)CC.I. The van der Waals surface area contributed by atoms with Gasteiger partial charge < -0.3 is 20.3 Å². The predicted molar refractivity (Wildman–Crippen MR) is 112 cm³/mol. The van der Waals surface area contributed by atoms with Crippen LogP contribution >= 0.6 is 24.0 Å². The summed E-state index contributed by atoms with van der Waals surface area (Å²) in [5.74, 6) is 0.732. The van der Waals surface area contributed by atoms with Gasteiger partial charge in [0, 0.05) is 45.6 Å². The quantitative estimate of drug-likeness (QED) is 0.150. The van der Waals surface area contributed by atoms with Crippen molar-refractivity contribution in [1.82, 2.24) is 15.5 Å². The van der Waals surface area contributed by atoms with Crippen LogP contribution in [0.5, 0.6) is 0 Å². The lowest BCUT2D eigenvalue weighted by molar-refractivity contribution is -0.140. The molecule has 0 rings (SSSR count). The average Bonchev–Trinajstić information content (AvgIpc) is 2.58. The Balaban J connectivity index is 0. The molecule has 0 aliphatic carbocycles. The van der Waals surface area contributed by atoms with E-state index in [4.69, 9.17) is 0 Å². The number of unbranched alkanes of at least 4 members (excludes halogenated alkanes) is 2. The molecule has 0 fully saturated rings. The number of nitrogens with zero attached hydrogens (tertiary/aromatic N) is 2.